The van der Waals surface area contributed by atoms with Crippen LogP contribution in [0.25, 0.3) is 0 Å². The van der Waals surface area contributed by atoms with E-state index in [1.807, 2.05) is 6.92 Å². The highest BCUT2D eigenvalue weighted by atomic mass is 16.7. The maximum absolute atomic E-state index is 14.1. The molecule has 16 atom stereocenters. The summed E-state index contributed by atoms with van der Waals surface area (Å²) in [6.07, 6.45) is 6.77. The first-order chi connectivity index (χ1) is 27.6. The van der Waals surface area contributed by atoms with Gasteiger partial charge in [0.1, 0.15) is 6.54 Å². The molecular formula is C43H70N4O11. The summed E-state index contributed by atoms with van der Waals surface area (Å²) in [5, 5.41) is 35.3. The van der Waals surface area contributed by atoms with Gasteiger partial charge >= 0.3 is 5.97 Å². The van der Waals surface area contributed by atoms with Gasteiger partial charge in [-0.05, 0) is 92.8 Å². The van der Waals surface area contributed by atoms with Crippen LogP contribution in [-0.4, -0.2) is 85.0 Å². The molecule has 2 aliphatic heterocycles. The number of carbonyl (C=O) groups excluding carboxylic acids is 1. The van der Waals surface area contributed by atoms with Gasteiger partial charge in [-0.2, -0.15) is 19.6 Å². The van der Waals surface area contributed by atoms with Crippen LogP contribution in [0, 0.1) is 65.5 Å². The van der Waals surface area contributed by atoms with Crippen LogP contribution in [0.5, 0.6) is 0 Å². The normalized spacial score (nSPS) is 45.2. The minimum Gasteiger partial charge on any atom is -0.435 e. The molecule has 0 bridgehead atoms. The van der Waals surface area contributed by atoms with E-state index in [1.54, 1.807) is 0 Å². The lowest BCUT2D eigenvalue weighted by molar-refractivity contribution is -0.249. The molecule has 4 fully saturated rings. The van der Waals surface area contributed by atoms with E-state index >= 15 is 0 Å². The lowest BCUT2D eigenvalue weighted by Gasteiger charge is -2.58. The minimum atomic E-state index is -0.972. The SMILES string of the molecule is CCC1C/C=C2/CC(C)[C@H](C)CCC(C(=O)OC3CC(O)CC(COC4CC(N=O)CC(CN=O)O4)O3)CCC2(C)CCC(N=O)C2C1(C)CCC(O)[C@@]2(C)CN=O. The largest absolute Gasteiger partial charge is 0.435 e. The average molecular weight is 819 g/mol. The molecule has 2 saturated carbocycles. The lowest BCUT2D eigenvalue weighted by Crippen LogP contribution is -2.59. The highest BCUT2D eigenvalue weighted by Gasteiger charge is 2.59. The Morgan fingerprint density at radius 3 is 2.28 bits per heavy atom. The zero-order valence-corrected chi connectivity index (χ0v) is 35.7. The van der Waals surface area contributed by atoms with Crippen molar-refractivity contribution in [3.8, 4) is 0 Å². The van der Waals surface area contributed by atoms with Crippen LogP contribution in [0.3, 0.4) is 0 Å². The number of hydrogen-bond acceptors (Lipinski definition) is 15. The first-order valence-electron chi connectivity index (χ1n) is 22.0. The first-order valence-corrected chi connectivity index (χ1v) is 22.0. The average Bonchev–Trinajstić information content (AvgIpc) is 3.18. The Bertz CT molecular complexity index is 1450. The first kappa shape index (κ1) is 46.5. The monoisotopic (exact) mass is 819 g/mol. The van der Waals surface area contributed by atoms with Gasteiger partial charge in [-0.1, -0.05) is 80.3 Å². The molecule has 14 unspecified atom stereocenters. The van der Waals surface area contributed by atoms with E-state index in [2.05, 4.69) is 61.4 Å². The van der Waals surface area contributed by atoms with Gasteiger partial charge in [0.05, 0.1) is 55.6 Å². The number of aliphatic hydroxyl groups is 2. The predicted octanol–water partition coefficient (Wildman–Crippen LogP) is 8.50. The van der Waals surface area contributed by atoms with Crippen molar-refractivity contribution >= 4 is 5.97 Å². The molecule has 328 valence electrons. The molecule has 2 N–H and O–H groups in total. The van der Waals surface area contributed by atoms with Gasteiger partial charge in [0, 0.05) is 37.0 Å². The Labute approximate surface area is 343 Å². The summed E-state index contributed by atoms with van der Waals surface area (Å²) in [5.74, 6) is -0.195. The van der Waals surface area contributed by atoms with Crippen LogP contribution in [0.1, 0.15) is 138 Å². The number of aliphatic hydroxyl groups excluding tert-OH is 2. The van der Waals surface area contributed by atoms with E-state index < -0.39 is 60.4 Å². The molecule has 15 heteroatoms. The Morgan fingerprint density at radius 1 is 0.845 bits per heavy atom. The maximum Gasteiger partial charge on any atom is 0.311 e. The van der Waals surface area contributed by atoms with Gasteiger partial charge in [0.2, 0.25) is 6.29 Å². The molecular weight excluding hydrogens is 748 g/mol. The molecule has 2 heterocycles. The van der Waals surface area contributed by atoms with Crippen molar-refractivity contribution in [2.45, 2.75) is 187 Å². The van der Waals surface area contributed by atoms with Crippen LogP contribution in [0.15, 0.2) is 32.4 Å². The number of ether oxygens (including phenoxy) is 4. The molecule has 0 aromatic heterocycles. The highest BCUT2D eigenvalue weighted by Crippen LogP contribution is 2.60. The second-order valence-corrected chi connectivity index (χ2v) is 19.5. The van der Waals surface area contributed by atoms with E-state index in [1.165, 1.54) is 5.57 Å². The smallest absolute Gasteiger partial charge is 0.311 e. The van der Waals surface area contributed by atoms with Gasteiger partial charge in [-0.15, -0.1) is 0 Å². The van der Waals surface area contributed by atoms with Crippen molar-refractivity contribution in [3.63, 3.8) is 0 Å². The Kier molecular flexibility index (Phi) is 16.3. The van der Waals surface area contributed by atoms with Crippen molar-refractivity contribution in [3.05, 3.63) is 31.3 Å². The number of carbonyl (C=O) groups is 1. The fourth-order valence-corrected chi connectivity index (χ4v) is 11.6. The molecule has 58 heavy (non-hydrogen) atoms. The third kappa shape index (κ3) is 10.6. The predicted molar refractivity (Wildman–Crippen MR) is 218 cm³/mol. The summed E-state index contributed by atoms with van der Waals surface area (Å²) in [6, 6.07) is -1.18. The molecule has 0 spiro atoms. The van der Waals surface area contributed by atoms with Gasteiger partial charge < -0.3 is 29.2 Å². The number of allylic oxidation sites excluding steroid dienone is 2. The second kappa shape index (κ2) is 20.3. The van der Waals surface area contributed by atoms with Crippen molar-refractivity contribution in [1.29, 1.82) is 0 Å². The molecule has 0 radical (unpaired) electrons. The molecule has 0 aromatic rings. The number of hydrogen-bond donors (Lipinski definition) is 2. The second-order valence-electron chi connectivity index (χ2n) is 19.5. The maximum atomic E-state index is 14.1. The number of rotatable bonds is 12. The van der Waals surface area contributed by atoms with E-state index in [4.69, 9.17) is 18.9 Å². The summed E-state index contributed by atoms with van der Waals surface area (Å²) in [4.78, 5) is 61.0. The van der Waals surface area contributed by atoms with E-state index in [9.17, 15) is 34.6 Å². The van der Waals surface area contributed by atoms with Crippen LogP contribution < -0.4 is 0 Å². The molecule has 5 rings (SSSR count). The third-order valence-corrected chi connectivity index (χ3v) is 15.6. The summed E-state index contributed by atoms with van der Waals surface area (Å²) in [7, 11) is 0. The molecule has 0 aromatic carbocycles. The zero-order chi connectivity index (χ0) is 42.3. The Hall–Kier alpha value is -2.59. The van der Waals surface area contributed by atoms with Crippen molar-refractivity contribution in [1.82, 2.24) is 0 Å². The van der Waals surface area contributed by atoms with Crippen LogP contribution >= 0.6 is 0 Å². The fourth-order valence-electron chi connectivity index (χ4n) is 11.6. The van der Waals surface area contributed by atoms with Crippen molar-refractivity contribution < 1.29 is 34.0 Å². The number of fused-ring (bicyclic) bond motifs is 2. The summed E-state index contributed by atoms with van der Waals surface area (Å²) in [5.41, 5.74) is -0.169. The van der Waals surface area contributed by atoms with Crippen LogP contribution in [0.2, 0.25) is 0 Å². The summed E-state index contributed by atoms with van der Waals surface area (Å²) < 4.78 is 23.9. The Balaban J connectivity index is 1.33. The number of nitroso groups, excluding NO2 is 4. The quantitative estimate of drug-likeness (QED) is 0.108. The molecule has 15 nitrogen and oxygen atoms in total. The third-order valence-electron chi connectivity index (χ3n) is 15.6. The zero-order valence-electron chi connectivity index (χ0n) is 35.7. The molecule has 5 aliphatic rings. The van der Waals surface area contributed by atoms with E-state index in [-0.39, 0.29) is 67.6 Å². The standard InChI is InChI=1S/C43H70N4O11/c1-7-29-10-11-30-18-27(3)26(2)8-9-28(12-15-41(30,4)16-13-35(47-54)39-42(29,5)17-14-36(49)43(39,6)25-45-52)40(50)58-38-22-32(48)21-34(57-38)24-55-37-20-31(46-53)19-33(56-37)23-44-51/h11,26-29,31-39,48-49H,7-10,12-25H2,1-6H3/b30-11-/t26-,27?,28?,29?,31?,32?,33?,34?,35?,36?,37?,38?,39?,41?,42?,43-/m1/s1. The van der Waals surface area contributed by atoms with Crippen LogP contribution in [-0.2, 0) is 23.7 Å². The van der Waals surface area contributed by atoms with E-state index in [0.29, 0.717) is 56.8 Å². The topological polar surface area (TPSA) is 212 Å². The summed E-state index contributed by atoms with van der Waals surface area (Å²) >= 11 is 0. The van der Waals surface area contributed by atoms with Gasteiger partial charge in [-0.3, -0.25) is 4.79 Å². The molecule has 3 aliphatic carbocycles. The van der Waals surface area contributed by atoms with Gasteiger partial charge in [-0.25, -0.2) is 0 Å². The fraction of sp³-hybridized carbons (Fsp3) is 0.930. The number of nitrogens with zero attached hydrogens (tertiary/aromatic N) is 4. The number of esters is 1. The Morgan fingerprint density at radius 2 is 1.59 bits per heavy atom. The van der Waals surface area contributed by atoms with Crippen molar-refractivity contribution in [2.24, 2.45) is 66.5 Å². The van der Waals surface area contributed by atoms with Crippen LogP contribution in [0.4, 0.5) is 0 Å². The van der Waals surface area contributed by atoms with Gasteiger partial charge in [0.25, 0.3) is 0 Å². The molecule has 2 saturated heterocycles. The van der Waals surface area contributed by atoms with Crippen molar-refractivity contribution in [2.75, 3.05) is 19.7 Å². The minimum absolute atomic E-state index is 0.0220. The van der Waals surface area contributed by atoms with E-state index in [0.717, 1.165) is 32.1 Å². The van der Waals surface area contributed by atoms with Gasteiger partial charge in [0.15, 0.2) is 6.29 Å². The lowest BCUT2D eigenvalue weighted by atomic mass is 9.47. The molecule has 0 amide bonds. The summed E-state index contributed by atoms with van der Waals surface area (Å²) in [6.45, 7) is 13.0. The highest BCUT2D eigenvalue weighted by molar-refractivity contribution is 5.72.